The van der Waals surface area contributed by atoms with Crippen molar-refractivity contribution in [3.8, 4) is 0 Å². The zero-order valence-corrected chi connectivity index (χ0v) is 17.4. The summed E-state index contributed by atoms with van der Waals surface area (Å²) in [4.78, 5) is 0. The molecular formula is C24H30O6. The number of hydrogen-bond donors (Lipinski definition) is 6. The van der Waals surface area contributed by atoms with E-state index in [0.29, 0.717) is 17.0 Å². The highest BCUT2D eigenvalue weighted by Crippen LogP contribution is 2.75. The first kappa shape index (κ1) is 21.4. The Hall–Kier alpha value is -1.80. The largest absolute Gasteiger partial charge is 0.394 e. The minimum atomic E-state index is -2.24. The Morgan fingerprint density at radius 2 is 1.43 bits per heavy atom. The van der Waals surface area contributed by atoms with E-state index in [0.717, 1.165) is 11.1 Å². The maximum atomic E-state index is 11.6. The molecule has 2 saturated carbocycles. The van der Waals surface area contributed by atoms with E-state index in [9.17, 15) is 30.6 Å². The summed E-state index contributed by atoms with van der Waals surface area (Å²) in [7, 11) is 0. The molecule has 2 aliphatic rings. The number of hydrogen-bond acceptors (Lipinski definition) is 6. The second kappa shape index (κ2) is 6.85. The number of aliphatic hydroxyl groups excluding tert-OH is 3. The van der Waals surface area contributed by atoms with Crippen molar-refractivity contribution in [2.75, 3.05) is 6.61 Å². The molecule has 0 radical (unpaired) electrons. The maximum Gasteiger partial charge on any atom is 0.138 e. The lowest BCUT2D eigenvalue weighted by Gasteiger charge is -2.80. The predicted molar refractivity (Wildman–Crippen MR) is 111 cm³/mol. The first-order valence-corrected chi connectivity index (χ1v) is 10.4. The van der Waals surface area contributed by atoms with E-state index in [2.05, 4.69) is 0 Å². The van der Waals surface area contributed by atoms with E-state index in [1.807, 2.05) is 32.9 Å². The van der Waals surface area contributed by atoms with Gasteiger partial charge in [0.2, 0.25) is 0 Å². The molecule has 0 heterocycles. The molecule has 6 N–H and O–H groups in total. The molecule has 2 aromatic carbocycles. The standard InChI is InChI=1S/C24H30O6/c1-13(2)15-8-10-16(11-9-15)19-21(27)23(29)20(17-6-4-14(3)5-7-17)22(28,18(26)12-25)24(19,23)30/h4-11,13,18-21,25-30H,12H2,1-3H3/t18-,19?,20?,21?,22+,23+,24+/m1/s1. The van der Waals surface area contributed by atoms with Crippen LogP contribution in [-0.4, -0.2) is 66.3 Å². The molecule has 30 heavy (non-hydrogen) atoms. The number of benzene rings is 2. The first-order chi connectivity index (χ1) is 14.0. The first-order valence-electron chi connectivity index (χ1n) is 10.4. The summed E-state index contributed by atoms with van der Waals surface area (Å²) < 4.78 is 0. The highest BCUT2D eigenvalue weighted by molar-refractivity contribution is 5.56. The third-order valence-electron chi connectivity index (χ3n) is 7.37. The third kappa shape index (κ3) is 2.35. The summed E-state index contributed by atoms with van der Waals surface area (Å²) >= 11 is 0. The molecule has 6 nitrogen and oxygen atoms in total. The number of fused-ring (bicyclic) bond motifs is 1. The quantitative estimate of drug-likeness (QED) is 0.433. The van der Waals surface area contributed by atoms with Crippen LogP contribution >= 0.6 is 0 Å². The Kier molecular flexibility index (Phi) is 4.90. The van der Waals surface area contributed by atoms with Crippen molar-refractivity contribution in [3.63, 3.8) is 0 Å². The topological polar surface area (TPSA) is 121 Å². The molecule has 7 atom stereocenters. The van der Waals surface area contributed by atoms with Crippen molar-refractivity contribution in [1.29, 1.82) is 0 Å². The van der Waals surface area contributed by atoms with Gasteiger partial charge in [-0.15, -0.1) is 0 Å². The van der Waals surface area contributed by atoms with Crippen LogP contribution in [0.15, 0.2) is 48.5 Å². The van der Waals surface area contributed by atoms with Gasteiger partial charge in [0.15, 0.2) is 0 Å². The smallest absolute Gasteiger partial charge is 0.138 e. The van der Waals surface area contributed by atoms with E-state index < -0.39 is 47.5 Å². The average Bonchev–Trinajstić information content (AvgIpc) is 2.74. The second-order valence-corrected chi connectivity index (χ2v) is 9.20. The fraction of sp³-hybridized carbons (Fsp3) is 0.500. The summed E-state index contributed by atoms with van der Waals surface area (Å²) in [5.41, 5.74) is -3.48. The minimum absolute atomic E-state index is 0.299. The van der Waals surface area contributed by atoms with Crippen LogP contribution in [0.3, 0.4) is 0 Å². The molecule has 162 valence electrons. The van der Waals surface area contributed by atoms with Crippen LogP contribution in [0.1, 0.15) is 53.9 Å². The average molecular weight is 414 g/mol. The number of aliphatic hydroxyl groups is 6. The molecule has 3 unspecified atom stereocenters. The van der Waals surface area contributed by atoms with Crippen molar-refractivity contribution >= 4 is 0 Å². The van der Waals surface area contributed by atoms with Crippen molar-refractivity contribution < 1.29 is 30.6 Å². The van der Waals surface area contributed by atoms with E-state index in [1.54, 1.807) is 36.4 Å². The summed E-state index contributed by atoms with van der Waals surface area (Å²) in [6.45, 7) is 5.19. The van der Waals surface area contributed by atoms with Gasteiger partial charge in [0, 0.05) is 5.92 Å². The van der Waals surface area contributed by atoms with Crippen LogP contribution in [-0.2, 0) is 0 Å². The minimum Gasteiger partial charge on any atom is -0.394 e. The summed E-state index contributed by atoms with van der Waals surface area (Å²) in [6.07, 6.45) is -3.07. The summed E-state index contributed by atoms with van der Waals surface area (Å²) in [5.74, 6) is -1.89. The normalized spacial score (nSPS) is 38.5. The van der Waals surface area contributed by atoms with E-state index in [4.69, 9.17) is 0 Å². The second-order valence-electron chi connectivity index (χ2n) is 9.20. The molecule has 0 bridgehead atoms. The lowest BCUT2D eigenvalue weighted by atomic mass is 9.30. The third-order valence-corrected chi connectivity index (χ3v) is 7.37. The molecule has 0 aliphatic heterocycles. The van der Waals surface area contributed by atoms with Crippen LogP contribution in [0.25, 0.3) is 0 Å². The Balaban J connectivity index is 1.80. The van der Waals surface area contributed by atoms with E-state index >= 15 is 0 Å². The highest BCUT2D eigenvalue weighted by Gasteiger charge is 2.93. The zero-order chi connectivity index (χ0) is 22.1. The predicted octanol–water partition coefficient (Wildman–Crippen LogP) is 0.920. The van der Waals surface area contributed by atoms with Crippen LogP contribution in [0.4, 0.5) is 0 Å². The molecule has 0 spiro atoms. The van der Waals surface area contributed by atoms with Gasteiger partial charge >= 0.3 is 0 Å². The molecule has 2 aromatic rings. The van der Waals surface area contributed by atoms with Crippen molar-refractivity contribution in [2.45, 2.75) is 67.5 Å². The van der Waals surface area contributed by atoms with Crippen LogP contribution in [0.2, 0.25) is 0 Å². The summed E-state index contributed by atoms with van der Waals surface area (Å²) in [5, 5.41) is 65.6. The van der Waals surface area contributed by atoms with Crippen LogP contribution < -0.4 is 0 Å². The van der Waals surface area contributed by atoms with Crippen molar-refractivity contribution in [3.05, 3.63) is 70.8 Å². The summed E-state index contributed by atoms with van der Waals surface area (Å²) in [6, 6.07) is 14.2. The van der Waals surface area contributed by atoms with Gasteiger partial charge in [-0.05, 0) is 29.5 Å². The van der Waals surface area contributed by atoms with Crippen molar-refractivity contribution in [2.24, 2.45) is 0 Å². The molecule has 0 aromatic heterocycles. The van der Waals surface area contributed by atoms with Gasteiger partial charge in [0.25, 0.3) is 0 Å². The fourth-order valence-corrected chi connectivity index (χ4v) is 5.66. The molecule has 0 amide bonds. The van der Waals surface area contributed by atoms with Crippen LogP contribution in [0, 0.1) is 6.92 Å². The lowest BCUT2D eigenvalue weighted by molar-refractivity contribution is -0.459. The number of aryl methyl sites for hydroxylation is 1. The van der Waals surface area contributed by atoms with Gasteiger partial charge in [-0.2, -0.15) is 0 Å². The van der Waals surface area contributed by atoms with Crippen LogP contribution in [0.5, 0.6) is 0 Å². The lowest BCUT2D eigenvalue weighted by Crippen LogP contribution is -2.99. The molecule has 0 saturated heterocycles. The Morgan fingerprint density at radius 1 is 0.900 bits per heavy atom. The van der Waals surface area contributed by atoms with E-state index in [-0.39, 0.29) is 0 Å². The fourth-order valence-electron chi connectivity index (χ4n) is 5.66. The van der Waals surface area contributed by atoms with Gasteiger partial charge in [-0.3, -0.25) is 0 Å². The molecule has 2 aliphatic carbocycles. The van der Waals surface area contributed by atoms with Gasteiger partial charge in [-0.1, -0.05) is 67.9 Å². The maximum absolute atomic E-state index is 11.6. The molecule has 4 rings (SSSR count). The Bertz CT molecular complexity index is 926. The molecule has 2 fully saturated rings. The van der Waals surface area contributed by atoms with Gasteiger partial charge in [-0.25, -0.2) is 0 Å². The zero-order valence-electron chi connectivity index (χ0n) is 17.4. The Morgan fingerprint density at radius 3 is 1.93 bits per heavy atom. The van der Waals surface area contributed by atoms with Gasteiger partial charge in [0.1, 0.15) is 22.9 Å². The van der Waals surface area contributed by atoms with E-state index in [1.165, 1.54) is 0 Å². The Labute approximate surface area is 176 Å². The SMILES string of the molecule is Cc1ccc(C2[C@]3(O)C(O)C(c4ccc(C(C)C)cc4)[C@]3(O)[C@]2(O)[C@H](O)CO)cc1. The van der Waals surface area contributed by atoms with Crippen molar-refractivity contribution in [1.82, 2.24) is 0 Å². The van der Waals surface area contributed by atoms with Gasteiger partial charge < -0.3 is 30.6 Å². The monoisotopic (exact) mass is 414 g/mol. The number of rotatable bonds is 5. The highest BCUT2D eigenvalue weighted by atomic mass is 16.5. The molecular weight excluding hydrogens is 384 g/mol. The van der Waals surface area contributed by atoms with Gasteiger partial charge in [0.05, 0.1) is 18.6 Å². The molecule has 6 heteroatoms.